The minimum absolute atomic E-state index is 0.0852. The monoisotopic (exact) mass is 385 g/mol. The molecule has 1 aliphatic heterocycles. The Morgan fingerprint density at radius 1 is 1.25 bits per heavy atom. The predicted octanol–water partition coefficient (Wildman–Crippen LogP) is 3.72. The largest absolute Gasteiger partial charge is 0.466 e. The van der Waals surface area contributed by atoms with E-state index >= 15 is 0 Å². The number of amides is 1. The van der Waals surface area contributed by atoms with Crippen molar-refractivity contribution in [3.05, 3.63) is 69.7 Å². The summed E-state index contributed by atoms with van der Waals surface area (Å²) < 4.78 is 5.60. The second kappa shape index (κ2) is 7.01. The maximum absolute atomic E-state index is 12.4. The van der Waals surface area contributed by atoms with Crippen molar-refractivity contribution < 1.29 is 14.3 Å². The Bertz CT molecular complexity index is 812. The number of benzene rings is 2. The minimum Gasteiger partial charge on any atom is -0.466 e. The summed E-state index contributed by atoms with van der Waals surface area (Å²) >= 11 is 3.41. The van der Waals surface area contributed by atoms with E-state index in [0.29, 0.717) is 13.0 Å². The zero-order valence-electron chi connectivity index (χ0n) is 13.2. The van der Waals surface area contributed by atoms with E-state index in [-0.39, 0.29) is 5.91 Å². The highest BCUT2D eigenvalue weighted by atomic mass is 79.9. The molecule has 0 fully saturated rings. The van der Waals surface area contributed by atoms with E-state index in [4.69, 9.17) is 0 Å². The van der Waals surface area contributed by atoms with Crippen molar-refractivity contribution in [1.82, 2.24) is 0 Å². The number of nitrogens with zero attached hydrogens (tertiary/aromatic N) is 1. The molecule has 0 spiro atoms. The first kappa shape index (κ1) is 16.5. The summed E-state index contributed by atoms with van der Waals surface area (Å²) in [5.41, 5.74) is 3.86. The lowest BCUT2D eigenvalue weighted by Crippen LogP contribution is -2.25. The molecule has 122 valence electrons. The molecule has 1 amide bonds. The van der Waals surface area contributed by atoms with E-state index in [1.54, 1.807) is 11.0 Å². The van der Waals surface area contributed by atoms with Gasteiger partial charge in [-0.3, -0.25) is 4.79 Å². The number of methoxy groups -OCH3 is 1. The van der Waals surface area contributed by atoms with Crippen molar-refractivity contribution in [3.63, 3.8) is 0 Å². The fourth-order valence-electron chi connectivity index (χ4n) is 2.68. The van der Waals surface area contributed by atoms with Crippen LogP contribution < -0.4 is 4.90 Å². The second-order valence-corrected chi connectivity index (χ2v) is 6.44. The van der Waals surface area contributed by atoms with Crippen LogP contribution in [-0.2, 0) is 27.3 Å². The third kappa shape index (κ3) is 3.57. The number of carbonyl (C=O) groups is 2. The average molecular weight is 386 g/mol. The van der Waals surface area contributed by atoms with Gasteiger partial charge in [0.05, 0.1) is 20.1 Å². The fourth-order valence-corrected chi connectivity index (χ4v) is 2.95. The molecule has 0 unspecified atom stereocenters. The molecule has 3 rings (SSSR count). The van der Waals surface area contributed by atoms with Crippen molar-refractivity contribution in [2.24, 2.45) is 0 Å². The molecule has 2 aromatic rings. The van der Waals surface area contributed by atoms with Crippen molar-refractivity contribution in [3.8, 4) is 0 Å². The van der Waals surface area contributed by atoms with Gasteiger partial charge in [0.25, 0.3) is 0 Å². The number of hydrogen-bond acceptors (Lipinski definition) is 3. The van der Waals surface area contributed by atoms with Crippen LogP contribution in [0.15, 0.2) is 53.0 Å². The molecule has 0 aromatic heterocycles. The molecule has 5 heteroatoms. The maximum atomic E-state index is 12.4. The summed E-state index contributed by atoms with van der Waals surface area (Å²) in [6.45, 7) is 0.552. The number of anilines is 1. The second-order valence-electron chi connectivity index (χ2n) is 5.53. The lowest BCUT2D eigenvalue weighted by molar-refractivity contribution is -0.134. The van der Waals surface area contributed by atoms with Gasteiger partial charge in [0.2, 0.25) is 5.91 Å². The third-order valence-corrected chi connectivity index (χ3v) is 4.43. The van der Waals surface area contributed by atoms with Gasteiger partial charge in [-0.25, -0.2) is 4.79 Å². The van der Waals surface area contributed by atoms with Gasteiger partial charge in [-0.15, -0.1) is 0 Å². The highest BCUT2D eigenvalue weighted by Crippen LogP contribution is 2.31. The smallest absolute Gasteiger partial charge is 0.330 e. The van der Waals surface area contributed by atoms with Gasteiger partial charge in [-0.2, -0.15) is 0 Å². The van der Waals surface area contributed by atoms with Crippen molar-refractivity contribution in [1.29, 1.82) is 0 Å². The van der Waals surface area contributed by atoms with E-state index in [9.17, 15) is 9.59 Å². The Balaban J connectivity index is 1.81. The molecular weight excluding hydrogens is 370 g/mol. The first-order chi connectivity index (χ1) is 11.6. The van der Waals surface area contributed by atoms with Gasteiger partial charge in [0.1, 0.15) is 0 Å². The van der Waals surface area contributed by atoms with Gasteiger partial charge in [0, 0.05) is 16.2 Å². The highest BCUT2D eigenvalue weighted by Gasteiger charge is 2.27. The van der Waals surface area contributed by atoms with Gasteiger partial charge in [-0.05, 0) is 47.0 Å². The van der Waals surface area contributed by atoms with Crippen molar-refractivity contribution in [2.45, 2.75) is 13.0 Å². The van der Waals surface area contributed by atoms with E-state index in [0.717, 1.165) is 26.9 Å². The Morgan fingerprint density at radius 2 is 2.00 bits per heavy atom. The summed E-state index contributed by atoms with van der Waals surface area (Å²) in [5, 5.41) is 0. The number of rotatable bonds is 4. The number of carbonyl (C=O) groups excluding carboxylic acids is 2. The molecule has 0 bridgehead atoms. The third-order valence-electron chi connectivity index (χ3n) is 3.90. The lowest BCUT2D eigenvalue weighted by Gasteiger charge is -2.17. The molecule has 4 nitrogen and oxygen atoms in total. The zero-order chi connectivity index (χ0) is 17.1. The van der Waals surface area contributed by atoms with Crippen LogP contribution in [0, 0.1) is 0 Å². The summed E-state index contributed by atoms with van der Waals surface area (Å²) in [4.78, 5) is 25.3. The Kier molecular flexibility index (Phi) is 4.81. The zero-order valence-corrected chi connectivity index (χ0v) is 14.7. The van der Waals surface area contributed by atoms with Crippen molar-refractivity contribution >= 4 is 39.6 Å². The minimum atomic E-state index is -0.400. The summed E-state index contributed by atoms with van der Waals surface area (Å²) in [6, 6.07) is 13.7. The molecule has 0 radical (unpaired) electrons. The number of halogens is 1. The van der Waals surface area contributed by atoms with E-state index in [2.05, 4.69) is 20.7 Å². The number of esters is 1. The maximum Gasteiger partial charge on any atom is 0.330 e. The van der Waals surface area contributed by atoms with Crippen LogP contribution in [0.1, 0.15) is 16.7 Å². The number of hydrogen-bond donors (Lipinski definition) is 0. The SMILES string of the molecule is COC(=O)/C=C/c1ccc2c(c1)CC(=O)N2Cc1ccc(Br)cc1. The first-order valence-electron chi connectivity index (χ1n) is 7.50. The molecule has 0 aliphatic carbocycles. The molecule has 1 heterocycles. The standard InChI is InChI=1S/C19H16BrNO3/c1-24-19(23)9-5-13-4-8-17-15(10-13)11-18(22)21(17)12-14-2-6-16(20)7-3-14/h2-10H,11-12H2,1H3/b9-5+. The molecule has 0 saturated carbocycles. The summed E-state index contributed by atoms with van der Waals surface area (Å²) in [5.74, 6) is -0.314. The normalized spacial score (nSPS) is 13.4. The average Bonchev–Trinajstić information content (AvgIpc) is 2.89. The van der Waals surface area contributed by atoms with Gasteiger partial charge < -0.3 is 9.64 Å². The van der Waals surface area contributed by atoms with Gasteiger partial charge in [0.15, 0.2) is 0 Å². The number of ether oxygens (including phenoxy) is 1. The number of fused-ring (bicyclic) bond motifs is 1. The van der Waals surface area contributed by atoms with E-state index in [1.165, 1.54) is 13.2 Å². The topological polar surface area (TPSA) is 46.6 Å². The van der Waals surface area contributed by atoms with Crippen LogP contribution in [-0.4, -0.2) is 19.0 Å². The fraction of sp³-hybridized carbons (Fsp3) is 0.158. The molecule has 2 aromatic carbocycles. The first-order valence-corrected chi connectivity index (χ1v) is 8.30. The van der Waals surface area contributed by atoms with Crippen LogP contribution in [0.3, 0.4) is 0 Å². The van der Waals surface area contributed by atoms with E-state index < -0.39 is 5.97 Å². The predicted molar refractivity (Wildman–Crippen MR) is 96.5 cm³/mol. The Labute approximate surface area is 148 Å². The van der Waals surface area contributed by atoms with Crippen molar-refractivity contribution in [2.75, 3.05) is 12.0 Å². The quantitative estimate of drug-likeness (QED) is 0.594. The molecule has 24 heavy (non-hydrogen) atoms. The van der Waals surface area contributed by atoms with Crippen LogP contribution in [0.4, 0.5) is 5.69 Å². The summed E-state index contributed by atoms with van der Waals surface area (Å²) in [7, 11) is 1.34. The molecule has 0 saturated heterocycles. The van der Waals surface area contributed by atoms with E-state index in [1.807, 2.05) is 42.5 Å². The van der Waals surface area contributed by atoms with Crippen LogP contribution >= 0.6 is 15.9 Å². The highest BCUT2D eigenvalue weighted by molar-refractivity contribution is 9.10. The Hall–Kier alpha value is -2.40. The lowest BCUT2D eigenvalue weighted by atomic mass is 10.1. The van der Waals surface area contributed by atoms with Gasteiger partial charge >= 0.3 is 5.97 Å². The van der Waals surface area contributed by atoms with Crippen LogP contribution in [0.25, 0.3) is 6.08 Å². The molecular formula is C19H16BrNO3. The Morgan fingerprint density at radius 3 is 2.71 bits per heavy atom. The molecule has 1 aliphatic rings. The molecule has 0 atom stereocenters. The van der Waals surface area contributed by atoms with Gasteiger partial charge in [-0.1, -0.05) is 34.1 Å². The molecule has 0 N–H and O–H groups in total. The summed E-state index contributed by atoms with van der Waals surface area (Å²) in [6.07, 6.45) is 3.44. The van der Waals surface area contributed by atoms with Crippen LogP contribution in [0.2, 0.25) is 0 Å². The van der Waals surface area contributed by atoms with Crippen LogP contribution in [0.5, 0.6) is 0 Å².